The Labute approximate surface area is 235 Å². The van der Waals surface area contributed by atoms with Gasteiger partial charge in [0.15, 0.2) is 13.4 Å². The van der Waals surface area contributed by atoms with E-state index in [4.69, 9.17) is 14.2 Å². The minimum Gasteiger partial charge on any atom is -0.490 e. The van der Waals surface area contributed by atoms with Crippen LogP contribution in [-0.4, -0.2) is 19.5 Å². The summed E-state index contributed by atoms with van der Waals surface area (Å²) >= 11 is -0.183. The van der Waals surface area contributed by atoms with Gasteiger partial charge in [-0.1, -0.05) is 97.1 Å². The van der Waals surface area contributed by atoms with Crippen molar-refractivity contribution in [1.82, 2.24) is 0 Å². The van der Waals surface area contributed by atoms with E-state index in [0.29, 0.717) is 13.2 Å². The van der Waals surface area contributed by atoms with Gasteiger partial charge in [-0.2, -0.15) is 0 Å². The summed E-state index contributed by atoms with van der Waals surface area (Å²) in [6.07, 6.45) is -0.383. The van der Waals surface area contributed by atoms with Gasteiger partial charge in [-0.25, -0.2) is 0 Å². The van der Waals surface area contributed by atoms with Gasteiger partial charge in [0.05, 0.1) is 6.61 Å². The highest BCUT2D eigenvalue weighted by Crippen LogP contribution is 2.39. The highest BCUT2D eigenvalue weighted by molar-refractivity contribution is 5.82. The fraction of sp³-hybridized carbons (Fsp3) is 0.118. The van der Waals surface area contributed by atoms with Crippen LogP contribution in [0.4, 0.5) is 0 Å². The summed E-state index contributed by atoms with van der Waals surface area (Å²) in [5.74, 6) is 1.67. The summed E-state index contributed by atoms with van der Waals surface area (Å²) in [6, 6.07) is 45.9. The molecule has 190 valence electrons. The second kappa shape index (κ2) is 13.3. The molecule has 0 saturated heterocycles. The third-order valence-corrected chi connectivity index (χ3v) is 8.62. The van der Waals surface area contributed by atoms with E-state index in [1.165, 1.54) is 7.14 Å². The van der Waals surface area contributed by atoms with Crippen molar-refractivity contribution >= 4 is 0 Å². The smallest absolute Gasteiger partial charge is 0.357 e. The van der Waals surface area contributed by atoms with Crippen molar-refractivity contribution in [2.45, 2.75) is 13.2 Å². The fourth-order valence-electron chi connectivity index (χ4n) is 4.15. The number of hydrogen-bond acceptors (Lipinski definition) is 3. The highest BCUT2D eigenvalue weighted by Gasteiger charge is 2.16. The van der Waals surface area contributed by atoms with E-state index in [-0.39, 0.29) is 27.5 Å². The molecule has 0 fully saturated rings. The predicted octanol–water partition coefficient (Wildman–Crippen LogP) is 4.97. The van der Waals surface area contributed by atoms with E-state index in [9.17, 15) is 0 Å². The third-order valence-electron chi connectivity index (χ3n) is 5.93. The van der Waals surface area contributed by atoms with Crippen molar-refractivity contribution in [2.24, 2.45) is 0 Å². The van der Waals surface area contributed by atoms with Gasteiger partial charge in [0, 0.05) is 11.1 Å². The standard InChI is InChI=1S/C34H30IO3/c1-26(38-31-22-20-30(21-23-31)35-29-16-9-4-10-17-29)36-24-25-37-34-32(27-12-5-2-6-13-27)18-11-19-33(34)28-14-7-3-8-15-28/h2-23,26H,24-25H2,1H3/q+1. The zero-order valence-electron chi connectivity index (χ0n) is 21.3. The van der Waals surface area contributed by atoms with Crippen molar-refractivity contribution < 1.29 is 35.4 Å². The van der Waals surface area contributed by atoms with Gasteiger partial charge in [0.1, 0.15) is 18.1 Å². The molecule has 0 heterocycles. The van der Waals surface area contributed by atoms with Crippen LogP contribution >= 0.6 is 0 Å². The van der Waals surface area contributed by atoms with E-state index >= 15 is 0 Å². The van der Waals surface area contributed by atoms with E-state index in [2.05, 4.69) is 84.9 Å². The van der Waals surface area contributed by atoms with Gasteiger partial charge < -0.3 is 14.2 Å². The van der Waals surface area contributed by atoms with Crippen LogP contribution in [0, 0.1) is 7.14 Å². The maximum absolute atomic E-state index is 6.37. The first-order chi connectivity index (χ1) is 18.8. The molecule has 0 N–H and O–H groups in total. The Morgan fingerprint density at radius 1 is 0.553 bits per heavy atom. The molecule has 4 heteroatoms. The molecule has 0 spiro atoms. The van der Waals surface area contributed by atoms with Crippen LogP contribution in [0.1, 0.15) is 6.92 Å². The molecule has 0 radical (unpaired) electrons. The van der Waals surface area contributed by atoms with Crippen LogP contribution in [0.5, 0.6) is 11.5 Å². The Morgan fingerprint density at radius 2 is 1.08 bits per heavy atom. The summed E-state index contributed by atoms with van der Waals surface area (Å²) < 4.78 is 21.1. The molecule has 0 amide bonds. The number of ether oxygens (including phenoxy) is 3. The molecule has 0 saturated carbocycles. The van der Waals surface area contributed by atoms with Gasteiger partial charge in [-0.05, 0) is 54.4 Å². The molecule has 5 rings (SSSR count). The number of rotatable bonds is 11. The lowest BCUT2D eigenvalue weighted by Gasteiger charge is -2.18. The van der Waals surface area contributed by atoms with Crippen LogP contribution in [0.15, 0.2) is 133 Å². The first-order valence-electron chi connectivity index (χ1n) is 12.7. The second-order valence-electron chi connectivity index (χ2n) is 8.66. The molecule has 3 nitrogen and oxygen atoms in total. The Balaban J connectivity index is 1.19. The molecule has 0 aliphatic rings. The van der Waals surface area contributed by atoms with Crippen molar-refractivity contribution in [3.63, 3.8) is 0 Å². The summed E-state index contributed by atoms with van der Waals surface area (Å²) in [6.45, 7) is 2.74. The number of halogens is 1. The first-order valence-corrected chi connectivity index (χ1v) is 14.9. The van der Waals surface area contributed by atoms with Gasteiger partial charge in [-0.3, -0.25) is 0 Å². The minimum atomic E-state index is -0.383. The van der Waals surface area contributed by atoms with Crippen molar-refractivity contribution in [3.8, 4) is 33.8 Å². The van der Waals surface area contributed by atoms with Crippen LogP contribution in [0.3, 0.4) is 0 Å². The summed E-state index contributed by atoms with van der Waals surface area (Å²) in [4.78, 5) is 0. The largest absolute Gasteiger partial charge is 0.490 e. The van der Waals surface area contributed by atoms with Crippen LogP contribution in [-0.2, 0) is 4.74 Å². The van der Waals surface area contributed by atoms with Gasteiger partial charge in [0.25, 0.3) is 0 Å². The maximum atomic E-state index is 6.37. The lowest BCUT2D eigenvalue weighted by atomic mass is 9.97. The van der Waals surface area contributed by atoms with Crippen LogP contribution in [0.2, 0.25) is 0 Å². The van der Waals surface area contributed by atoms with E-state index in [1.807, 2.05) is 55.5 Å². The normalized spacial score (nSPS) is 11.6. The molecule has 38 heavy (non-hydrogen) atoms. The second-order valence-corrected chi connectivity index (χ2v) is 11.7. The predicted molar refractivity (Wildman–Crippen MR) is 149 cm³/mol. The zero-order valence-corrected chi connectivity index (χ0v) is 23.5. The molecule has 1 unspecified atom stereocenters. The minimum absolute atomic E-state index is 0.183. The average molecular weight is 614 g/mol. The zero-order chi connectivity index (χ0) is 26.0. The summed E-state index contributed by atoms with van der Waals surface area (Å²) in [5, 5.41) is 0. The third kappa shape index (κ3) is 7.03. The van der Waals surface area contributed by atoms with Crippen LogP contribution in [0.25, 0.3) is 22.3 Å². The monoisotopic (exact) mass is 613 g/mol. The molecule has 0 aromatic heterocycles. The van der Waals surface area contributed by atoms with Gasteiger partial charge in [0.2, 0.25) is 0 Å². The highest BCUT2D eigenvalue weighted by atomic mass is 127. The van der Waals surface area contributed by atoms with E-state index < -0.39 is 0 Å². The lowest BCUT2D eigenvalue weighted by molar-refractivity contribution is -0.597. The fourth-order valence-corrected chi connectivity index (χ4v) is 6.36. The van der Waals surface area contributed by atoms with Crippen molar-refractivity contribution in [3.05, 3.63) is 141 Å². The van der Waals surface area contributed by atoms with E-state index in [1.54, 1.807) is 0 Å². The molecule has 0 aliphatic carbocycles. The van der Waals surface area contributed by atoms with Gasteiger partial charge >= 0.3 is 21.2 Å². The Morgan fingerprint density at radius 3 is 1.66 bits per heavy atom. The molecule has 0 bridgehead atoms. The SMILES string of the molecule is CC(OCCOc1c(-c2ccccc2)cccc1-c1ccccc1)Oc1ccc([I+]c2ccccc2)cc1. The Hall–Kier alpha value is -3.61. The van der Waals surface area contributed by atoms with Crippen molar-refractivity contribution in [2.75, 3.05) is 13.2 Å². The van der Waals surface area contributed by atoms with Crippen LogP contribution < -0.4 is 30.7 Å². The quantitative estimate of drug-likeness (QED) is 0.120. The summed E-state index contributed by atoms with van der Waals surface area (Å²) in [7, 11) is 0. The average Bonchev–Trinajstić information content (AvgIpc) is 2.98. The number of hydrogen-bond donors (Lipinski definition) is 0. The maximum Gasteiger partial charge on any atom is 0.357 e. The van der Waals surface area contributed by atoms with Gasteiger partial charge in [-0.15, -0.1) is 0 Å². The topological polar surface area (TPSA) is 27.7 Å². The van der Waals surface area contributed by atoms with E-state index in [0.717, 1.165) is 33.8 Å². The Bertz CT molecular complexity index is 1350. The molecule has 0 aliphatic heterocycles. The number of benzene rings is 5. The first kappa shape index (κ1) is 26.0. The molecule has 5 aromatic rings. The molecular formula is C34H30IO3+. The Kier molecular flexibility index (Phi) is 9.08. The molecular weight excluding hydrogens is 583 g/mol. The number of para-hydroxylation sites is 1. The molecule has 1 atom stereocenters. The lowest BCUT2D eigenvalue weighted by Crippen LogP contribution is -3.61. The van der Waals surface area contributed by atoms with Crippen molar-refractivity contribution in [1.29, 1.82) is 0 Å². The summed E-state index contributed by atoms with van der Waals surface area (Å²) in [5.41, 5.74) is 4.37. The molecule has 5 aromatic carbocycles.